The molecule has 3 aromatic rings. The molecule has 0 amide bonds. The van der Waals surface area contributed by atoms with Crippen LogP contribution < -0.4 is 0 Å². The molecule has 0 saturated carbocycles. The average molecular weight is 381 g/mol. The largest absolute Gasteiger partial charge is 0.410 e. The van der Waals surface area contributed by atoms with Gasteiger partial charge in [0.25, 0.3) is 5.69 Å². The van der Waals surface area contributed by atoms with E-state index in [9.17, 15) is 14.5 Å². The Morgan fingerprint density at radius 1 is 0.852 bits per heavy atom. The van der Waals surface area contributed by atoms with E-state index >= 15 is 0 Å². The molecule has 0 bridgehead atoms. The summed E-state index contributed by atoms with van der Waals surface area (Å²) in [6, 6.07) is 20.8. The van der Waals surface area contributed by atoms with Crippen molar-refractivity contribution in [1.29, 1.82) is 0 Å². The lowest BCUT2D eigenvalue weighted by Gasteiger charge is -2.22. The van der Waals surface area contributed by atoms with Crippen LogP contribution in [0.25, 0.3) is 11.1 Å². The second kappa shape index (κ2) is 8.24. The molecule has 4 nitrogen and oxygen atoms in total. The number of halogens is 1. The molecule has 0 radical (unpaired) electrons. The maximum atomic E-state index is 13.1. The molecule has 0 spiro atoms. The van der Waals surface area contributed by atoms with E-state index in [4.69, 9.17) is 4.43 Å². The van der Waals surface area contributed by atoms with Crippen molar-refractivity contribution >= 4 is 14.7 Å². The van der Waals surface area contributed by atoms with Gasteiger partial charge in [-0.3, -0.25) is 10.1 Å². The molecule has 27 heavy (non-hydrogen) atoms. The molecule has 138 valence electrons. The number of hydrogen-bond donors (Lipinski definition) is 0. The highest BCUT2D eigenvalue weighted by molar-refractivity contribution is 6.48. The van der Waals surface area contributed by atoms with Crippen molar-refractivity contribution in [3.63, 3.8) is 0 Å². The van der Waals surface area contributed by atoms with E-state index in [1.807, 2.05) is 24.3 Å². The van der Waals surface area contributed by atoms with Gasteiger partial charge in [-0.1, -0.05) is 36.4 Å². The molecule has 1 atom stereocenters. The first-order valence-corrected chi connectivity index (χ1v) is 11.5. The van der Waals surface area contributed by atoms with E-state index in [1.165, 1.54) is 24.3 Å². The Morgan fingerprint density at radius 3 is 1.74 bits per heavy atom. The predicted molar refractivity (Wildman–Crippen MR) is 107 cm³/mol. The molecule has 0 aliphatic carbocycles. The van der Waals surface area contributed by atoms with Crippen molar-refractivity contribution in [2.75, 3.05) is 0 Å². The minimum absolute atomic E-state index is 0.0611. The van der Waals surface area contributed by atoms with Crippen LogP contribution in [0.5, 0.6) is 0 Å². The second-order valence-corrected chi connectivity index (χ2v) is 8.91. The van der Waals surface area contributed by atoms with Crippen LogP contribution in [0.15, 0.2) is 72.8 Å². The number of benzene rings is 3. The van der Waals surface area contributed by atoms with Crippen LogP contribution in [0.2, 0.25) is 13.1 Å². The summed E-state index contributed by atoms with van der Waals surface area (Å²) in [4.78, 5) is 10.5. The molecule has 0 aliphatic heterocycles. The van der Waals surface area contributed by atoms with Crippen molar-refractivity contribution < 1.29 is 13.7 Å². The minimum Gasteiger partial charge on any atom is -0.410 e. The maximum absolute atomic E-state index is 13.1. The summed E-state index contributed by atoms with van der Waals surface area (Å²) in [7, 11) is -1.35. The summed E-state index contributed by atoms with van der Waals surface area (Å²) < 4.78 is 19.3. The normalized spacial score (nSPS) is 12.1. The van der Waals surface area contributed by atoms with E-state index in [1.54, 1.807) is 24.3 Å². The second-order valence-electron chi connectivity index (χ2n) is 6.54. The van der Waals surface area contributed by atoms with Crippen molar-refractivity contribution in [3.05, 3.63) is 99.9 Å². The highest BCUT2D eigenvalue weighted by Gasteiger charge is 2.18. The van der Waals surface area contributed by atoms with Gasteiger partial charge in [-0.25, -0.2) is 4.39 Å². The van der Waals surface area contributed by atoms with Crippen molar-refractivity contribution in [2.24, 2.45) is 0 Å². The Kier molecular flexibility index (Phi) is 5.78. The monoisotopic (exact) mass is 381 g/mol. The van der Waals surface area contributed by atoms with Crippen molar-refractivity contribution in [2.45, 2.75) is 19.2 Å². The number of nitro groups is 1. The first kappa shape index (κ1) is 18.9. The van der Waals surface area contributed by atoms with Crippen LogP contribution in [0, 0.1) is 15.9 Å². The average Bonchev–Trinajstić information content (AvgIpc) is 2.67. The summed E-state index contributed by atoms with van der Waals surface area (Å²) in [5.41, 5.74) is 3.86. The predicted octanol–water partition coefficient (Wildman–Crippen LogP) is 5.49. The fourth-order valence-corrected chi connectivity index (χ4v) is 3.74. The number of non-ortho nitro benzene ring substituents is 1. The zero-order chi connectivity index (χ0) is 19.4. The minimum atomic E-state index is -1.35. The van der Waals surface area contributed by atoms with Gasteiger partial charge in [0.2, 0.25) is 0 Å². The van der Waals surface area contributed by atoms with Crippen LogP contribution in [-0.2, 0) is 4.43 Å². The summed E-state index contributed by atoms with van der Waals surface area (Å²) in [5.74, 6) is -0.260. The van der Waals surface area contributed by atoms with Gasteiger partial charge in [0.1, 0.15) is 5.82 Å². The number of rotatable bonds is 6. The van der Waals surface area contributed by atoms with E-state index in [0.717, 1.165) is 22.3 Å². The van der Waals surface area contributed by atoms with E-state index < -0.39 is 14.0 Å². The molecule has 3 aromatic carbocycles. The SMILES string of the molecule is C[SiH](C)OC(c1ccc(-c2ccc(F)cc2)cc1)c1ccc([N+](=O)[O-])cc1. The van der Waals surface area contributed by atoms with Crippen molar-refractivity contribution in [3.8, 4) is 11.1 Å². The van der Waals surface area contributed by atoms with E-state index in [-0.39, 0.29) is 17.6 Å². The smallest absolute Gasteiger partial charge is 0.269 e. The third-order valence-corrected chi connectivity index (χ3v) is 5.02. The van der Waals surface area contributed by atoms with Crippen molar-refractivity contribution in [1.82, 2.24) is 0 Å². The Balaban J connectivity index is 1.90. The van der Waals surface area contributed by atoms with Gasteiger partial charge in [0.15, 0.2) is 9.04 Å². The molecule has 0 heterocycles. The molecular weight excluding hydrogens is 361 g/mol. The quantitative estimate of drug-likeness (QED) is 0.322. The summed E-state index contributed by atoms with van der Waals surface area (Å²) in [6.45, 7) is 4.18. The van der Waals surface area contributed by atoms with Gasteiger partial charge in [0, 0.05) is 12.1 Å². The molecule has 0 saturated heterocycles. The molecule has 0 N–H and O–H groups in total. The Bertz CT molecular complexity index is 910. The van der Waals surface area contributed by atoms with Gasteiger partial charge < -0.3 is 4.43 Å². The fourth-order valence-electron chi connectivity index (χ4n) is 2.89. The third kappa shape index (κ3) is 4.67. The van der Waals surface area contributed by atoms with Gasteiger partial charge in [-0.2, -0.15) is 0 Å². The number of nitrogens with zero attached hydrogens (tertiary/aromatic N) is 1. The van der Waals surface area contributed by atoms with Crippen LogP contribution in [-0.4, -0.2) is 14.0 Å². The maximum Gasteiger partial charge on any atom is 0.269 e. The number of hydrogen-bond acceptors (Lipinski definition) is 3. The third-order valence-electron chi connectivity index (χ3n) is 4.21. The highest BCUT2D eigenvalue weighted by Crippen LogP contribution is 2.30. The topological polar surface area (TPSA) is 52.4 Å². The van der Waals surface area contributed by atoms with Gasteiger partial charge in [-0.15, -0.1) is 0 Å². The molecule has 3 rings (SSSR count). The molecule has 0 fully saturated rings. The van der Waals surface area contributed by atoms with Crippen LogP contribution in [0.3, 0.4) is 0 Å². The summed E-state index contributed by atoms with van der Waals surface area (Å²) in [5, 5.41) is 10.9. The Morgan fingerprint density at radius 2 is 1.30 bits per heavy atom. The molecule has 1 unspecified atom stereocenters. The Labute approximate surface area is 159 Å². The van der Waals surface area contributed by atoms with Gasteiger partial charge in [-0.05, 0) is 59.6 Å². The first-order chi connectivity index (χ1) is 12.9. The summed E-state index contributed by atoms with van der Waals surface area (Å²) in [6.07, 6.45) is -0.264. The Hall–Kier alpha value is -2.83. The van der Waals surface area contributed by atoms with Gasteiger partial charge >= 0.3 is 0 Å². The lowest BCUT2D eigenvalue weighted by molar-refractivity contribution is -0.384. The zero-order valence-corrected chi connectivity index (χ0v) is 16.3. The molecular formula is C21H20FNO3Si. The molecule has 0 aromatic heterocycles. The zero-order valence-electron chi connectivity index (χ0n) is 15.1. The molecule has 6 heteroatoms. The standard InChI is InChI=1S/C21H20FNO3Si/c1-27(2)26-21(18-9-13-20(14-10-18)23(24)25)17-5-3-15(4-6-17)16-7-11-19(22)12-8-16/h3-14,21,27H,1-2H3. The lowest BCUT2D eigenvalue weighted by atomic mass is 9.98. The highest BCUT2D eigenvalue weighted by atomic mass is 28.3. The van der Waals surface area contributed by atoms with Crippen LogP contribution in [0.1, 0.15) is 17.2 Å². The van der Waals surface area contributed by atoms with Gasteiger partial charge in [0.05, 0.1) is 11.0 Å². The van der Waals surface area contributed by atoms with E-state index in [0.29, 0.717) is 0 Å². The lowest BCUT2D eigenvalue weighted by Crippen LogP contribution is -2.15. The molecule has 0 aliphatic rings. The van der Waals surface area contributed by atoms with Crippen LogP contribution in [0.4, 0.5) is 10.1 Å². The summed E-state index contributed by atoms with van der Waals surface area (Å²) >= 11 is 0. The van der Waals surface area contributed by atoms with E-state index in [2.05, 4.69) is 13.1 Å². The number of nitro benzene ring substituents is 1. The first-order valence-electron chi connectivity index (χ1n) is 8.70. The fraction of sp³-hybridized carbons (Fsp3) is 0.143. The van der Waals surface area contributed by atoms with Crippen LogP contribution >= 0.6 is 0 Å².